The molecule has 0 radical (unpaired) electrons. The zero-order valence-electron chi connectivity index (χ0n) is 26.5. The third kappa shape index (κ3) is 16.8. The molecule has 5 nitrogen and oxygen atoms in total. The molecule has 0 spiro atoms. The predicted molar refractivity (Wildman–Crippen MR) is 180 cm³/mol. The molecular weight excluding hydrogens is 514 g/mol. The summed E-state index contributed by atoms with van der Waals surface area (Å²) in [7, 11) is 1.65. The van der Waals surface area contributed by atoms with E-state index in [1.165, 1.54) is 21.6 Å². The number of allylic oxidation sites excluding steroid dienone is 2. The summed E-state index contributed by atoms with van der Waals surface area (Å²) in [6.07, 6.45) is 3.10. The SMILES string of the molecule is C=C(C)c1cc(C)ccc1C.C=CC.C=NCNc1ncc(C)s1.CC.COCC(C)(C)[C@@H](O)c1ccccc1. The molecule has 0 aliphatic carbocycles. The third-order valence-electron chi connectivity index (χ3n) is 5.19. The number of nitrogens with one attached hydrogen (secondary N) is 1. The van der Waals surface area contributed by atoms with E-state index in [0.29, 0.717) is 13.3 Å². The van der Waals surface area contributed by atoms with Gasteiger partial charge in [0, 0.05) is 23.6 Å². The smallest absolute Gasteiger partial charge is 0.184 e. The van der Waals surface area contributed by atoms with Gasteiger partial charge in [-0.3, -0.25) is 4.99 Å². The number of aliphatic hydroxyl groups excluding tert-OH is 1. The second kappa shape index (κ2) is 22.7. The molecule has 3 aromatic rings. The first-order chi connectivity index (χ1) is 18.9. The summed E-state index contributed by atoms with van der Waals surface area (Å²) < 4.78 is 5.09. The zero-order valence-corrected chi connectivity index (χ0v) is 27.4. The van der Waals surface area contributed by atoms with E-state index in [9.17, 15) is 5.11 Å². The molecule has 3 rings (SSSR count). The van der Waals surface area contributed by atoms with Crippen LogP contribution >= 0.6 is 11.3 Å². The molecule has 1 heterocycles. The van der Waals surface area contributed by atoms with Crippen molar-refractivity contribution < 1.29 is 9.84 Å². The Hall–Kier alpha value is -3.06. The molecule has 0 aliphatic heterocycles. The minimum atomic E-state index is -0.483. The number of anilines is 1. The Labute approximate surface area is 248 Å². The Morgan fingerprint density at radius 2 is 1.73 bits per heavy atom. The topological polar surface area (TPSA) is 66.7 Å². The number of methoxy groups -OCH3 is 1. The molecule has 0 aliphatic rings. The molecule has 0 saturated carbocycles. The summed E-state index contributed by atoms with van der Waals surface area (Å²) in [5.41, 5.74) is 5.72. The van der Waals surface area contributed by atoms with Crippen molar-refractivity contribution in [2.75, 3.05) is 25.7 Å². The lowest BCUT2D eigenvalue weighted by Crippen LogP contribution is -2.27. The number of aryl methyl sites for hydroxylation is 3. The van der Waals surface area contributed by atoms with Gasteiger partial charge in [0.25, 0.3) is 0 Å². The van der Waals surface area contributed by atoms with Gasteiger partial charge in [-0.1, -0.05) is 100 Å². The van der Waals surface area contributed by atoms with Crippen LogP contribution in [0.1, 0.15) is 74.8 Å². The van der Waals surface area contributed by atoms with Crippen molar-refractivity contribution in [2.45, 2.75) is 68.4 Å². The standard InChI is InChI=1S/C12H18O2.C11H14.C6H9N3S.C3H6.C2H6/c1-12(2,9-14-3)11(13)10-7-5-4-6-8-10;1-8(2)11-7-9(3)5-6-10(11)4;1-5-3-8-6(10-5)9-4-7-2;1-3-2;1-2/h4-8,11,13H,9H2,1-3H3;5-7H,1H2,2-4H3;3H,2,4H2,1H3,(H,8,9);3H,1H2,2H3;1-2H3/t11-;;;;/m0..../s1. The zero-order chi connectivity index (χ0) is 31.1. The van der Waals surface area contributed by atoms with E-state index in [1.54, 1.807) is 24.5 Å². The summed E-state index contributed by atoms with van der Waals surface area (Å²) in [5, 5.41) is 14.0. The summed E-state index contributed by atoms with van der Waals surface area (Å²) >= 11 is 1.62. The highest BCUT2D eigenvalue weighted by atomic mass is 32.1. The largest absolute Gasteiger partial charge is 0.388 e. The van der Waals surface area contributed by atoms with Crippen molar-refractivity contribution in [2.24, 2.45) is 10.4 Å². The van der Waals surface area contributed by atoms with Crippen LogP contribution in [0.3, 0.4) is 0 Å². The first-order valence-corrected chi connectivity index (χ1v) is 14.4. The maximum Gasteiger partial charge on any atom is 0.184 e. The van der Waals surface area contributed by atoms with Crippen molar-refractivity contribution in [3.05, 3.63) is 101 Å². The Balaban J connectivity index is 0. The van der Waals surface area contributed by atoms with Gasteiger partial charge in [0.15, 0.2) is 5.13 Å². The molecule has 0 fully saturated rings. The predicted octanol–water partition coefficient (Wildman–Crippen LogP) is 9.47. The quantitative estimate of drug-likeness (QED) is 0.210. The molecule has 222 valence electrons. The van der Waals surface area contributed by atoms with Crippen LogP contribution in [-0.4, -0.2) is 37.2 Å². The maximum atomic E-state index is 10.1. The number of hydrogen-bond acceptors (Lipinski definition) is 6. The van der Waals surface area contributed by atoms with Gasteiger partial charge in [-0.2, -0.15) is 0 Å². The van der Waals surface area contributed by atoms with Gasteiger partial charge in [-0.15, -0.1) is 17.9 Å². The average molecular weight is 568 g/mol. The molecule has 40 heavy (non-hydrogen) atoms. The van der Waals surface area contributed by atoms with Crippen molar-refractivity contribution in [1.29, 1.82) is 0 Å². The van der Waals surface area contributed by atoms with E-state index in [1.807, 2.05) is 85.0 Å². The summed E-state index contributed by atoms with van der Waals surface area (Å²) in [6.45, 7) is 29.9. The highest BCUT2D eigenvalue weighted by molar-refractivity contribution is 7.15. The summed E-state index contributed by atoms with van der Waals surface area (Å²) in [5.74, 6) is 0. The third-order valence-corrected chi connectivity index (χ3v) is 6.06. The molecule has 1 aromatic heterocycles. The van der Waals surface area contributed by atoms with Gasteiger partial charge in [-0.05, 0) is 58.0 Å². The highest BCUT2D eigenvalue weighted by Gasteiger charge is 2.28. The highest BCUT2D eigenvalue weighted by Crippen LogP contribution is 2.33. The monoisotopic (exact) mass is 567 g/mol. The van der Waals surface area contributed by atoms with E-state index in [0.717, 1.165) is 16.3 Å². The van der Waals surface area contributed by atoms with Crippen molar-refractivity contribution in [1.82, 2.24) is 4.98 Å². The van der Waals surface area contributed by atoms with Crippen LogP contribution in [0.5, 0.6) is 0 Å². The van der Waals surface area contributed by atoms with Crippen LogP contribution in [0.15, 0.2) is 79.0 Å². The molecular formula is C34H53N3O2S. The second-order valence-electron chi connectivity index (χ2n) is 9.58. The number of rotatable bonds is 8. The number of thiazole rings is 1. The van der Waals surface area contributed by atoms with Crippen LogP contribution in [0.2, 0.25) is 0 Å². The number of hydrogen-bond donors (Lipinski definition) is 2. The average Bonchev–Trinajstić information content (AvgIpc) is 3.36. The minimum Gasteiger partial charge on any atom is -0.388 e. The fourth-order valence-electron chi connectivity index (χ4n) is 3.29. The molecule has 1 atom stereocenters. The Kier molecular flexibility index (Phi) is 22.2. The Bertz CT molecular complexity index is 1090. The van der Waals surface area contributed by atoms with Gasteiger partial charge < -0.3 is 15.2 Å². The van der Waals surface area contributed by atoms with Crippen molar-refractivity contribution >= 4 is 28.8 Å². The number of aromatic nitrogens is 1. The van der Waals surface area contributed by atoms with E-state index in [-0.39, 0.29) is 5.41 Å². The fraction of sp³-hybridized carbons (Fsp3) is 0.412. The molecule has 0 saturated heterocycles. The van der Waals surface area contributed by atoms with Gasteiger partial charge in [-0.25, -0.2) is 4.98 Å². The van der Waals surface area contributed by atoms with E-state index >= 15 is 0 Å². The molecule has 2 aromatic carbocycles. The van der Waals surface area contributed by atoms with Gasteiger partial charge in [0.05, 0.1) is 12.7 Å². The molecule has 0 amide bonds. The molecule has 0 unspecified atom stereocenters. The van der Waals surface area contributed by atoms with E-state index < -0.39 is 6.10 Å². The lowest BCUT2D eigenvalue weighted by Gasteiger charge is -2.29. The van der Waals surface area contributed by atoms with Crippen molar-refractivity contribution in [3.8, 4) is 0 Å². The van der Waals surface area contributed by atoms with Crippen LogP contribution < -0.4 is 5.32 Å². The van der Waals surface area contributed by atoms with Crippen LogP contribution in [0.25, 0.3) is 5.57 Å². The lowest BCUT2D eigenvalue weighted by molar-refractivity contribution is -0.00960. The molecule has 0 bridgehead atoms. The van der Waals surface area contributed by atoms with Crippen LogP contribution in [0, 0.1) is 26.2 Å². The molecule has 6 heteroatoms. The first-order valence-electron chi connectivity index (χ1n) is 13.5. The number of nitrogens with zero attached hydrogens (tertiary/aromatic N) is 2. The number of ether oxygens (including phenoxy) is 1. The molecule has 2 N–H and O–H groups in total. The summed E-state index contributed by atoms with van der Waals surface area (Å²) in [4.78, 5) is 8.92. The lowest BCUT2D eigenvalue weighted by atomic mass is 9.83. The number of aliphatic imine (C=N–C) groups is 1. The van der Waals surface area contributed by atoms with Crippen LogP contribution in [0.4, 0.5) is 5.13 Å². The van der Waals surface area contributed by atoms with Crippen molar-refractivity contribution in [3.63, 3.8) is 0 Å². The fourth-order valence-corrected chi connectivity index (χ4v) is 3.95. The number of aliphatic hydroxyl groups is 1. The summed E-state index contributed by atoms with van der Waals surface area (Å²) in [6, 6.07) is 16.1. The van der Waals surface area contributed by atoms with E-state index in [4.69, 9.17) is 4.74 Å². The Morgan fingerprint density at radius 3 is 2.15 bits per heavy atom. The normalized spacial score (nSPS) is 10.4. The number of benzene rings is 2. The van der Waals surface area contributed by atoms with Gasteiger partial charge >= 0.3 is 0 Å². The van der Waals surface area contributed by atoms with Gasteiger partial charge in [0.1, 0.15) is 6.67 Å². The van der Waals surface area contributed by atoms with Gasteiger partial charge in [0.2, 0.25) is 0 Å². The van der Waals surface area contributed by atoms with E-state index in [2.05, 4.69) is 67.2 Å². The maximum absolute atomic E-state index is 10.1. The Morgan fingerprint density at radius 1 is 1.15 bits per heavy atom. The van der Waals surface area contributed by atoms with Crippen LogP contribution in [-0.2, 0) is 4.74 Å². The minimum absolute atomic E-state index is 0.254. The first kappa shape index (κ1) is 39.1. The second-order valence-corrected chi connectivity index (χ2v) is 10.8.